The largest absolute Gasteiger partial charge is 0.356 e. The van der Waals surface area contributed by atoms with Crippen molar-refractivity contribution < 1.29 is 0 Å². The second-order valence-electron chi connectivity index (χ2n) is 7.05. The van der Waals surface area contributed by atoms with Crippen molar-refractivity contribution in [3.8, 4) is 5.69 Å². The number of rotatable bonds is 10. The van der Waals surface area contributed by atoms with Crippen molar-refractivity contribution in [2.24, 2.45) is 4.99 Å². The molecule has 1 aromatic carbocycles. The van der Waals surface area contributed by atoms with E-state index in [1.54, 1.807) is 0 Å². The normalized spacial score (nSPS) is 11.4. The molecule has 0 fully saturated rings. The van der Waals surface area contributed by atoms with Gasteiger partial charge in [-0.25, -0.2) is 4.68 Å². The highest BCUT2D eigenvalue weighted by atomic mass is 127. The first-order valence-electron chi connectivity index (χ1n) is 10.4. The SMILES string of the molecule is CCN(CC)CCCCNC(=NC)NCc1ccccc1-n1nc(C)cc1C.I. The topological polar surface area (TPSA) is 57.5 Å². The minimum absolute atomic E-state index is 0. The van der Waals surface area contributed by atoms with E-state index < -0.39 is 0 Å². The van der Waals surface area contributed by atoms with E-state index in [-0.39, 0.29) is 24.0 Å². The molecule has 0 saturated carbocycles. The van der Waals surface area contributed by atoms with Crippen LogP contribution in [0.4, 0.5) is 0 Å². The molecule has 162 valence electrons. The molecule has 2 rings (SSSR count). The predicted octanol–water partition coefficient (Wildman–Crippen LogP) is 3.89. The fourth-order valence-electron chi connectivity index (χ4n) is 3.35. The first-order valence-corrected chi connectivity index (χ1v) is 10.4. The maximum atomic E-state index is 4.63. The summed E-state index contributed by atoms with van der Waals surface area (Å²) in [6.07, 6.45) is 2.34. The number of para-hydroxylation sites is 1. The second kappa shape index (κ2) is 13.6. The molecule has 2 aromatic rings. The Morgan fingerprint density at radius 3 is 2.45 bits per heavy atom. The number of benzene rings is 1. The maximum absolute atomic E-state index is 4.63. The zero-order valence-electron chi connectivity index (χ0n) is 18.5. The molecule has 0 radical (unpaired) electrons. The molecule has 1 aromatic heterocycles. The maximum Gasteiger partial charge on any atom is 0.191 e. The molecular weight excluding hydrogens is 475 g/mol. The molecular formula is C22H37IN6. The third kappa shape index (κ3) is 7.97. The Morgan fingerprint density at radius 1 is 1.10 bits per heavy atom. The van der Waals surface area contributed by atoms with Gasteiger partial charge >= 0.3 is 0 Å². The Kier molecular flexibility index (Phi) is 11.9. The van der Waals surface area contributed by atoms with E-state index in [1.807, 2.05) is 18.7 Å². The Morgan fingerprint density at radius 2 is 1.83 bits per heavy atom. The Labute approximate surface area is 193 Å². The number of unbranched alkanes of at least 4 members (excludes halogenated alkanes) is 1. The van der Waals surface area contributed by atoms with Crippen molar-refractivity contribution in [3.05, 3.63) is 47.3 Å². The van der Waals surface area contributed by atoms with Gasteiger partial charge in [0.05, 0.1) is 11.4 Å². The molecule has 0 atom stereocenters. The lowest BCUT2D eigenvalue weighted by Crippen LogP contribution is -2.37. The summed E-state index contributed by atoms with van der Waals surface area (Å²) in [4.78, 5) is 6.82. The van der Waals surface area contributed by atoms with E-state index in [4.69, 9.17) is 0 Å². The monoisotopic (exact) mass is 512 g/mol. The van der Waals surface area contributed by atoms with Crippen molar-refractivity contribution >= 4 is 29.9 Å². The van der Waals surface area contributed by atoms with Crippen molar-refractivity contribution in [2.45, 2.75) is 47.1 Å². The molecule has 0 unspecified atom stereocenters. The van der Waals surface area contributed by atoms with Crippen LogP contribution in [-0.2, 0) is 6.54 Å². The van der Waals surface area contributed by atoms with E-state index in [1.165, 1.54) is 12.0 Å². The number of nitrogens with one attached hydrogen (secondary N) is 2. The first kappa shape index (κ1) is 25.4. The first-order chi connectivity index (χ1) is 13.6. The summed E-state index contributed by atoms with van der Waals surface area (Å²) in [6.45, 7) is 13.6. The number of aliphatic imine (C=N–C) groups is 1. The molecule has 0 spiro atoms. The summed E-state index contributed by atoms with van der Waals surface area (Å²) >= 11 is 0. The van der Waals surface area contributed by atoms with Gasteiger partial charge in [-0.05, 0) is 64.0 Å². The van der Waals surface area contributed by atoms with E-state index in [9.17, 15) is 0 Å². The van der Waals surface area contributed by atoms with Gasteiger partial charge < -0.3 is 15.5 Å². The van der Waals surface area contributed by atoms with Gasteiger partial charge in [0.25, 0.3) is 0 Å². The fraction of sp³-hybridized carbons (Fsp3) is 0.545. The van der Waals surface area contributed by atoms with Gasteiger partial charge in [0, 0.05) is 25.8 Å². The molecule has 0 saturated heterocycles. The van der Waals surface area contributed by atoms with Gasteiger partial charge in [0.15, 0.2) is 5.96 Å². The highest BCUT2D eigenvalue weighted by molar-refractivity contribution is 14.0. The lowest BCUT2D eigenvalue weighted by atomic mass is 10.1. The van der Waals surface area contributed by atoms with E-state index in [0.29, 0.717) is 6.54 Å². The summed E-state index contributed by atoms with van der Waals surface area (Å²) in [7, 11) is 1.82. The lowest BCUT2D eigenvalue weighted by molar-refractivity contribution is 0.297. The smallest absolute Gasteiger partial charge is 0.191 e. The van der Waals surface area contributed by atoms with Crippen LogP contribution >= 0.6 is 24.0 Å². The van der Waals surface area contributed by atoms with Crippen LogP contribution in [0.3, 0.4) is 0 Å². The van der Waals surface area contributed by atoms with E-state index in [0.717, 1.165) is 55.6 Å². The highest BCUT2D eigenvalue weighted by Gasteiger charge is 2.09. The molecule has 0 aliphatic heterocycles. The zero-order chi connectivity index (χ0) is 20.4. The number of hydrogen-bond acceptors (Lipinski definition) is 3. The number of aryl methyl sites for hydroxylation is 2. The van der Waals surface area contributed by atoms with Crippen LogP contribution in [0.15, 0.2) is 35.3 Å². The summed E-state index contributed by atoms with van der Waals surface area (Å²) in [5, 5.41) is 11.5. The minimum atomic E-state index is 0. The van der Waals surface area contributed by atoms with Crippen LogP contribution in [0.5, 0.6) is 0 Å². The average Bonchev–Trinajstić information content (AvgIpc) is 3.05. The van der Waals surface area contributed by atoms with Gasteiger partial charge in [0.1, 0.15) is 0 Å². The molecule has 0 bridgehead atoms. The molecule has 0 aliphatic rings. The highest BCUT2D eigenvalue weighted by Crippen LogP contribution is 2.16. The zero-order valence-corrected chi connectivity index (χ0v) is 20.9. The van der Waals surface area contributed by atoms with Gasteiger partial charge in [-0.3, -0.25) is 4.99 Å². The third-order valence-electron chi connectivity index (χ3n) is 4.99. The van der Waals surface area contributed by atoms with E-state index in [2.05, 4.69) is 76.7 Å². The van der Waals surface area contributed by atoms with Gasteiger partial charge in [-0.1, -0.05) is 32.0 Å². The summed E-state index contributed by atoms with van der Waals surface area (Å²) in [5.41, 5.74) is 4.47. The summed E-state index contributed by atoms with van der Waals surface area (Å²) in [6, 6.07) is 10.5. The molecule has 2 N–H and O–H groups in total. The van der Waals surface area contributed by atoms with Crippen molar-refractivity contribution in [2.75, 3.05) is 33.2 Å². The molecule has 0 amide bonds. The Bertz CT molecular complexity index is 752. The van der Waals surface area contributed by atoms with Gasteiger partial charge in [-0.15, -0.1) is 24.0 Å². The van der Waals surface area contributed by atoms with Gasteiger partial charge in [-0.2, -0.15) is 5.10 Å². The summed E-state index contributed by atoms with van der Waals surface area (Å²) < 4.78 is 2.01. The molecule has 6 nitrogen and oxygen atoms in total. The van der Waals surface area contributed by atoms with Crippen LogP contribution in [0.2, 0.25) is 0 Å². The number of halogens is 1. The molecule has 7 heteroatoms. The fourth-order valence-corrected chi connectivity index (χ4v) is 3.35. The number of hydrogen-bond donors (Lipinski definition) is 2. The lowest BCUT2D eigenvalue weighted by Gasteiger charge is -2.18. The Balaban J connectivity index is 0.00000420. The van der Waals surface area contributed by atoms with E-state index >= 15 is 0 Å². The number of aromatic nitrogens is 2. The Hall–Kier alpha value is -1.61. The molecule has 0 aliphatic carbocycles. The second-order valence-corrected chi connectivity index (χ2v) is 7.05. The van der Waals surface area contributed by atoms with Crippen LogP contribution < -0.4 is 10.6 Å². The van der Waals surface area contributed by atoms with Crippen molar-refractivity contribution in [1.29, 1.82) is 0 Å². The van der Waals surface area contributed by atoms with Crippen molar-refractivity contribution in [1.82, 2.24) is 25.3 Å². The van der Waals surface area contributed by atoms with Crippen molar-refractivity contribution in [3.63, 3.8) is 0 Å². The van der Waals surface area contributed by atoms with Gasteiger partial charge in [0.2, 0.25) is 0 Å². The summed E-state index contributed by atoms with van der Waals surface area (Å²) in [5.74, 6) is 0.839. The third-order valence-corrected chi connectivity index (χ3v) is 4.99. The minimum Gasteiger partial charge on any atom is -0.356 e. The average molecular weight is 512 g/mol. The number of nitrogens with zero attached hydrogens (tertiary/aromatic N) is 4. The van der Waals surface area contributed by atoms with Crippen LogP contribution in [0.1, 0.15) is 43.6 Å². The van der Waals surface area contributed by atoms with Crippen LogP contribution in [-0.4, -0.2) is 53.9 Å². The predicted molar refractivity (Wildman–Crippen MR) is 134 cm³/mol. The quantitative estimate of drug-likeness (QED) is 0.220. The molecule has 1 heterocycles. The van der Waals surface area contributed by atoms with Crippen LogP contribution in [0, 0.1) is 13.8 Å². The van der Waals surface area contributed by atoms with Crippen LogP contribution in [0.25, 0.3) is 5.69 Å². The standard InChI is InChI=1S/C22H36N6.HI/c1-6-27(7-2)15-11-10-14-24-22(23-5)25-17-20-12-8-9-13-21(20)28-19(4)16-18(3)26-28;/h8-9,12-13,16H,6-7,10-11,14-15,17H2,1-5H3,(H2,23,24,25);1H. The molecule has 29 heavy (non-hydrogen) atoms. The number of guanidine groups is 1.